The largest absolute Gasteiger partial charge is 0.388 e. The summed E-state index contributed by atoms with van der Waals surface area (Å²) in [5.41, 5.74) is 1.96. The van der Waals surface area contributed by atoms with Crippen LogP contribution in [0.25, 0.3) is 0 Å². The first-order chi connectivity index (χ1) is 9.27. The molecule has 0 heterocycles. The predicted molar refractivity (Wildman–Crippen MR) is 84.4 cm³/mol. The maximum atomic E-state index is 11.7. The fourth-order valence-corrected chi connectivity index (χ4v) is 4.88. The standard InChI is InChI=1S/C15H21BrO3S/c1-10-6-12(8-13(16)7-10)15(17)11-4-3-5-14(9-11)20(2,18)19/h6-8,11,14-15,17H,3-5,9H2,1-2H3. The summed E-state index contributed by atoms with van der Waals surface area (Å²) in [4.78, 5) is 0. The summed E-state index contributed by atoms with van der Waals surface area (Å²) in [6.07, 6.45) is 3.75. The maximum absolute atomic E-state index is 11.7. The topological polar surface area (TPSA) is 54.4 Å². The molecule has 1 aromatic carbocycles. The van der Waals surface area contributed by atoms with Gasteiger partial charge in [-0.1, -0.05) is 28.4 Å². The van der Waals surface area contributed by atoms with Crippen LogP contribution in [0.2, 0.25) is 0 Å². The fourth-order valence-electron chi connectivity index (χ4n) is 3.06. The van der Waals surface area contributed by atoms with Gasteiger partial charge in [0.25, 0.3) is 0 Å². The molecule has 1 N–H and O–H groups in total. The second-order valence-electron chi connectivity index (χ2n) is 5.88. The van der Waals surface area contributed by atoms with Gasteiger partial charge in [0, 0.05) is 10.7 Å². The van der Waals surface area contributed by atoms with Crippen LogP contribution in [0.5, 0.6) is 0 Å². The van der Waals surface area contributed by atoms with Crippen LogP contribution in [-0.4, -0.2) is 25.0 Å². The minimum atomic E-state index is -3.01. The Morgan fingerprint density at radius 2 is 2.00 bits per heavy atom. The van der Waals surface area contributed by atoms with E-state index in [0.29, 0.717) is 6.42 Å². The molecule has 0 aromatic heterocycles. The van der Waals surface area contributed by atoms with Crippen molar-refractivity contribution in [3.63, 3.8) is 0 Å². The Morgan fingerprint density at radius 3 is 2.60 bits per heavy atom. The lowest BCUT2D eigenvalue weighted by molar-refractivity contribution is 0.0856. The summed E-state index contributed by atoms with van der Waals surface area (Å²) in [5.74, 6) is 0.0252. The van der Waals surface area contributed by atoms with Crippen molar-refractivity contribution in [2.75, 3.05) is 6.26 Å². The molecule has 1 aromatic rings. The third kappa shape index (κ3) is 3.83. The number of benzene rings is 1. The first-order valence-corrected chi connectivity index (χ1v) is 9.66. The van der Waals surface area contributed by atoms with Gasteiger partial charge in [0.05, 0.1) is 11.4 Å². The van der Waals surface area contributed by atoms with Gasteiger partial charge in [0.1, 0.15) is 9.84 Å². The quantitative estimate of drug-likeness (QED) is 0.898. The van der Waals surface area contributed by atoms with Crippen molar-refractivity contribution in [3.05, 3.63) is 33.8 Å². The molecule has 112 valence electrons. The predicted octanol–water partition coefficient (Wildman–Crippen LogP) is 3.39. The molecule has 0 saturated heterocycles. The molecule has 2 rings (SSSR count). The molecular formula is C15H21BrO3S. The molecule has 5 heteroatoms. The van der Waals surface area contributed by atoms with Crippen molar-refractivity contribution >= 4 is 25.8 Å². The Balaban J connectivity index is 2.18. The van der Waals surface area contributed by atoms with Crippen molar-refractivity contribution in [1.82, 2.24) is 0 Å². The van der Waals surface area contributed by atoms with Gasteiger partial charge >= 0.3 is 0 Å². The molecule has 1 saturated carbocycles. The second kappa shape index (κ2) is 6.16. The van der Waals surface area contributed by atoms with E-state index in [1.807, 2.05) is 25.1 Å². The third-order valence-corrected chi connectivity index (χ3v) is 6.22. The molecule has 1 aliphatic carbocycles. The highest BCUT2D eigenvalue weighted by molar-refractivity contribution is 9.10. The summed E-state index contributed by atoms with van der Waals surface area (Å²) >= 11 is 3.44. The molecule has 0 bridgehead atoms. The van der Waals surface area contributed by atoms with Crippen LogP contribution in [0.3, 0.4) is 0 Å². The van der Waals surface area contributed by atoms with Crippen molar-refractivity contribution in [1.29, 1.82) is 0 Å². The highest BCUT2D eigenvalue weighted by atomic mass is 79.9. The molecule has 3 unspecified atom stereocenters. The van der Waals surface area contributed by atoms with E-state index in [1.165, 1.54) is 6.26 Å². The normalized spacial score (nSPS) is 25.4. The van der Waals surface area contributed by atoms with Crippen LogP contribution >= 0.6 is 15.9 Å². The van der Waals surface area contributed by atoms with Gasteiger partial charge in [-0.05, 0) is 55.4 Å². The molecule has 20 heavy (non-hydrogen) atoms. The van der Waals surface area contributed by atoms with Gasteiger partial charge < -0.3 is 5.11 Å². The zero-order valence-corrected chi connectivity index (χ0v) is 14.2. The Hall–Kier alpha value is -0.390. The first-order valence-electron chi connectivity index (χ1n) is 6.91. The average Bonchev–Trinajstić information content (AvgIpc) is 2.36. The number of halogens is 1. The number of sulfone groups is 1. The van der Waals surface area contributed by atoms with E-state index in [2.05, 4.69) is 15.9 Å². The van der Waals surface area contributed by atoms with E-state index < -0.39 is 15.9 Å². The van der Waals surface area contributed by atoms with Crippen molar-refractivity contribution < 1.29 is 13.5 Å². The van der Waals surface area contributed by atoms with Crippen LogP contribution < -0.4 is 0 Å². The zero-order valence-electron chi connectivity index (χ0n) is 11.8. The second-order valence-corrected chi connectivity index (χ2v) is 9.13. The van der Waals surface area contributed by atoms with Gasteiger partial charge in [-0.25, -0.2) is 8.42 Å². The number of aryl methyl sites for hydroxylation is 1. The van der Waals surface area contributed by atoms with Gasteiger partial charge in [0.2, 0.25) is 0 Å². The number of aliphatic hydroxyl groups is 1. The number of aliphatic hydroxyl groups excluding tert-OH is 1. The molecule has 1 aliphatic rings. The maximum Gasteiger partial charge on any atom is 0.150 e. The van der Waals surface area contributed by atoms with E-state index in [-0.39, 0.29) is 11.2 Å². The van der Waals surface area contributed by atoms with Crippen molar-refractivity contribution in [2.45, 2.75) is 44.0 Å². The van der Waals surface area contributed by atoms with E-state index in [0.717, 1.165) is 34.9 Å². The molecule has 3 nitrogen and oxygen atoms in total. The molecular weight excluding hydrogens is 340 g/mol. The van der Waals surface area contributed by atoms with E-state index in [9.17, 15) is 13.5 Å². The highest BCUT2D eigenvalue weighted by Crippen LogP contribution is 2.37. The lowest BCUT2D eigenvalue weighted by Crippen LogP contribution is -2.30. The summed E-state index contributed by atoms with van der Waals surface area (Å²) in [6, 6.07) is 5.89. The Morgan fingerprint density at radius 1 is 1.30 bits per heavy atom. The van der Waals surface area contributed by atoms with Crippen LogP contribution in [-0.2, 0) is 9.84 Å². The summed E-state index contributed by atoms with van der Waals surface area (Å²) in [6.45, 7) is 1.99. The smallest absolute Gasteiger partial charge is 0.150 e. The summed E-state index contributed by atoms with van der Waals surface area (Å²) in [7, 11) is -3.01. The third-order valence-electron chi connectivity index (χ3n) is 4.12. The van der Waals surface area contributed by atoms with Crippen molar-refractivity contribution in [2.24, 2.45) is 5.92 Å². The Kier molecular flexibility index (Phi) is 4.92. The fraction of sp³-hybridized carbons (Fsp3) is 0.600. The van der Waals surface area contributed by atoms with Crippen molar-refractivity contribution in [3.8, 4) is 0 Å². The summed E-state index contributed by atoms with van der Waals surface area (Å²) in [5, 5.41) is 10.3. The zero-order chi connectivity index (χ0) is 14.9. The molecule has 0 radical (unpaired) electrons. The highest BCUT2D eigenvalue weighted by Gasteiger charge is 2.33. The minimum Gasteiger partial charge on any atom is -0.388 e. The number of hydrogen-bond acceptors (Lipinski definition) is 3. The van der Waals surface area contributed by atoms with E-state index in [1.54, 1.807) is 0 Å². The monoisotopic (exact) mass is 360 g/mol. The average molecular weight is 361 g/mol. The van der Waals surface area contributed by atoms with Crippen LogP contribution in [0.4, 0.5) is 0 Å². The van der Waals surface area contributed by atoms with Crippen LogP contribution in [0.15, 0.2) is 22.7 Å². The van der Waals surface area contributed by atoms with Gasteiger partial charge in [-0.15, -0.1) is 0 Å². The lowest BCUT2D eigenvalue weighted by Gasteiger charge is -2.31. The van der Waals surface area contributed by atoms with E-state index in [4.69, 9.17) is 0 Å². The first kappa shape index (κ1) is 16.0. The Labute approximate surface area is 129 Å². The van der Waals surface area contributed by atoms with Gasteiger partial charge in [0.15, 0.2) is 0 Å². The Bertz CT molecular complexity index is 563. The van der Waals surface area contributed by atoms with Crippen LogP contribution in [0.1, 0.15) is 42.9 Å². The van der Waals surface area contributed by atoms with E-state index >= 15 is 0 Å². The lowest BCUT2D eigenvalue weighted by atomic mass is 9.82. The minimum absolute atomic E-state index is 0.0252. The SMILES string of the molecule is Cc1cc(Br)cc(C(O)C2CCCC(S(C)(=O)=O)C2)c1. The van der Waals surface area contributed by atoms with Crippen LogP contribution in [0, 0.1) is 12.8 Å². The number of hydrogen-bond donors (Lipinski definition) is 1. The number of rotatable bonds is 3. The molecule has 0 spiro atoms. The van der Waals surface area contributed by atoms with Gasteiger partial charge in [-0.2, -0.15) is 0 Å². The molecule has 1 fully saturated rings. The summed E-state index contributed by atoms with van der Waals surface area (Å²) < 4.78 is 24.4. The molecule has 0 amide bonds. The van der Waals surface area contributed by atoms with Gasteiger partial charge in [-0.3, -0.25) is 0 Å². The molecule has 3 atom stereocenters. The molecule has 0 aliphatic heterocycles.